The van der Waals surface area contributed by atoms with Crippen LogP contribution in [0.15, 0.2) is 18.2 Å². The fourth-order valence-corrected chi connectivity index (χ4v) is 5.14. The summed E-state index contributed by atoms with van der Waals surface area (Å²) in [4.78, 5) is 30.0. The van der Waals surface area contributed by atoms with E-state index < -0.39 is 6.04 Å². The Hall–Kier alpha value is -1.50. The number of fused-ring (bicyclic) bond motifs is 1. The standard InChI is InChI=1S/C20H26ClN3O3.ClH/c1-27-18-7-5-13(21)9-14(18)19(25)24-8-2-3-17(24)20(26)23-10-12-4-6-16(22)15(12)11-23;/h5,7,9,12,15-17H,2-4,6,8,10-11,22H2,1H3;1H. The fourth-order valence-electron chi connectivity index (χ4n) is 4.97. The molecule has 2 saturated heterocycles. The van der Waals surface area contributed by atoms with E-state index in [1.54, 1.807) is 23.1 Å². The molecule has 0 radical (unpaired) electrons. The Morgan fingerprint density at radius 1 is 1.21 bits per heavy atom. The molecule has 0 spiro atoms. The van der Waals surface area contributed by atoms with Gasteiger partial charge in [0.25, 0.3) is 5.91 Å². The molecule has 154 valence electrons. The Labute approximate surface area is 176 Å². The van der Waals surface area contributed by atoms with Gasteiger partial charge in [-0.3, -0.25) is 9.59 Å². The smallest absolute Gasteiger partial charge is 0.258 e. The van der Waals surface area contributed by atoms with Gasteiger partial charge >= 0.3 is 0 Å². The first-order valence-electron chi connectivity index (χ1n) is 9.68. The molecular formula is C20H27Cl2N3O3. The molecule has 1 aromatic carbocycles. The van der Waals surface area contributed by atoms with E-state index in [1.807, 2.05) is 4.90 Å². The molecule has 0 aromatic heterocycles. The lowest BCUT2D eigenvalue weighted by Gasteiger charge is -2.29. The van der Waals surface area contributed by atoms with Gasteiger partial charge in [0.05, 0.1) is 12.7 Å². The average Bonchev–Trinajstić information content (AvgIpc) is 3.38. The molecule has 1 aromatic rings. The van der Waals surface area contributed by atoms with Crippen LogP contribution in [0, 0.1) is 11.8 Å². The third kappa shape index (κ3) is 3.70. The summed E-state index contributed by atoms with van der Waals surface area (Å²) in [5, 5.41) is 0.475. The number of nitrogens with two attached hydrogens (primary N) is 1. The van der Waals surface area contributed by atoms with Crippen LogP contribution in [-0.4, -0.2) is 60.4 Å². The quantitative estimate of drug-likeness (QED) is 0.803. The van der Waals surface area contributed by atoms with Crippen molar-refractivity contribution in [1.29, 1.82) is 0 Å². The second-order valence-corrected chi connectivity index (χ2v) is 8.35. The molecule has 2 heterocycles. The number of halogens is 2. The normalized spacial score (nSPS) is 28.8. The van der Waals surface area contributed by atoms with Gasteiger partial charge in [-0.25, -0.2) is 0 Å². The molecule has 1 saturated carbocycles. The summed E-state index contributed by atoms with van der Waals surface area (Å²) >= 11 is 6.08. The number of hydrogen-bond donors (Lipinski definition) is 1. The van der Waals surface area contributed by atoms with Crippen molar-refractivity contribution in [2.75, 3.05) is 26.7 Å². The van der Waals surface area contributed by atoms with Gasteiger partial charge in [-0.1, -0.05) is 11.6 Å². The maximum atomic E-state index is 13.2. The highest BCUT2D eigenvalue weighted by molar-refractivity contribution is 6.31. The molecule has 3 fully saturated rings. The summed E-state index contributed by atoms with van der Waals surface area (Å²) in [7, 11) is 1.53. The fraction of sp³-hybridized carbons (Fsp3) is 0.600. The van der Waals surface area contributed by atoms with Gasteiger partial charge in [0, 0.05) is 30.7 Å². The zero-order valence-corrected chi connectivity index (χ0v) is 17.5. The number of methoxy groups -OCH3 is 1. The Morgan fingerprint density at radius 3 is 2.71 bits per heavy atom. The zero-order chi connectivity index (χ0) is 19.1. The van der Waals surface area contributed by atoms with Gasteiger partial charge in [0.2, 0.25) is 5.91 Å². The summed E-state index contributed by atoms with van der Waals surface area (Å²) < 4.78 is 5.32. The van der Waals surface area contributed by atoms with Crippen LogP contribution < -0.4 is 10.5 Å². The lowest BCUT2D eigenvalue weighted by atomic mass is 9.98. The van der Waals surface area contributed by atoms with E-state index in [4.69, 9.17) is 22.1 Å². The predicted molar refractivity (Wildman–Crippen MR) is 110 cm³/mol. The molecule has 6 nitrogen and oxygen atoms in total. The maximum absolute atomic E-state index is 13.2. The van der Waals surface area contributed by atoms with E-state index in [2.05, 4.69) is 0 Å². The Morgan fingerprint density at radius 2 is 2.00 bits per heavy atom. The van der Waals surface area contributed by atoms with Crippen molar-refractivity contribution >= 4 is 35.8 Å². The van der Waals surface area contributed by atoms with Crippen LogP contribution in [0.25, 0.3) is 0 Å². The summed E-state index contributed by atoms with van der Waals surface area (Å²) in [6.07, 6.45) is 3.68. The molecular weight excluding hydrogens is 401 g/mol. The van der Waals surface area contributed by atoms with Crippen molar-refractivity contribution < 1.29 is 14.3 Å². The van der Waals surface area contributed by atoms with Crippen molar-refractivity contribution in [3.63, 3.8) is 0 Å². The largest absolute Gasteiger partial charge is 0.496 e. The summed E-state index contributed by atoms with van der Waals surface area (Å²) in [5.41, 5.74) is 6.61. The molecule has 2 aliphatic heterocycles. The van der Waals surface area contributed by atoms with Crippen LogP contribution in [0.3, 0.4) is 0 Å². The molecule has 1 aliphatic carbocycles. The van der Waals surface area contributed by atoms with Gasteiger partial charge < -0.3 is 20.3 Å². The molecule has 0 bridgehead atoms. The molecule has 4 unspecified atom stereocenters. The predicted octanol–water partition coefficient (Wildman–Crippen LogP) is 2.57. The third-order valence-electron chi connectivity index (χ3n) is 6.41. The molecule has 4 rings (SSSR count). The lowest BCUT2D eigenvalue weighted by Crippen LogP contribution is -2.47. The van der Waals surface area contributed by atoms with Gasteiger partial charge in [0.15, 0.2) is 0 Å². The number of benzene rings is 1. The number of ether oxygens (including phenoxy) is 1. The number of carbonyl (C=O) groups excluding carboxylic acids is 2. The van der Waals surface area contributed by atoms with Crippen LogP contribution in [0.4, 0.5) is 0 Å². The van der Waals surface area contributed by atoms with Crippen molar-refractivity contribution in [3.8, 4) is 5.75 Å². The first-order chi connectivity index (χ1) is 13.0. The number of hydrogen-bond acceptors (Lipinski definition) is 4. The third-order valence-corrected chi connectivity index (χ3v) is 6.65. The van der Waals surface area contributed by atoms with Crippen LogP contribution in [0.5, 0.6) is 5.75 Å². The number of likely N-dealkylation sites (tertiary alicyclic amines) is 2. The lowest BCUT2D eigenvalue weighted by molar-refractivity contribution is -0.134. The highest BCUT2D eigenvalue weighted by atomic mass is 35.5. The summed E-state index contributed by atoms with van der Waals surface area (Å²) in [6, 6.07) is 4.78. The number of carbonyl (C=O) groups is 2. The highest BCUT2D eigenvalue weighted by Crippen LogP contribution is 2.38. The summed E-state index contributed by atoms with van der Waals surface area (Å²) in [6.45, 7) is 2.07. The van der Waals surface area contributed by atoms with Gasteiger partial charge in [-0.15, -0.1) is 12.4 Å². The minimum atomic E-state index is -0.406. The van der Waals surface area contributed by atoms with Crippen molar-refractivity contribution in [1.82, 2.24) is 9.80 Å². The van der Waals surface area contributed by atoms with Gasteiger partial charge in [-0.2, -0.15) is 0 Å². The van der Waals surface area contributed by atoms with Crippen LogP contribution in [-0.2, 0) is 4.79 Å². The second kappa shape index (κ2) is 8.47. The molecule has 8 heteroatoms. The molecule has 4 atom stereocenters. The number of nitrogens with zero attached hydrogens (tertiary/aromatic N) is 2. The molecule has 3 aliphatic rings. The Balaban J connectivity index is 0.00000225. The van der Waals surface area contributed by atoms with E-state index in [0.717, 1.165) is 32.4 Å². The Bertz CT molecular complexity index is 760. The Kier molecular flexibility index (Phi) is 6.42. The van der Waals surface area contributed by atoms with E-state index in [-0.39, 0.29) is 30.3 Å². The summed E-state index contributed by atoms with van der Waals surface area (Å²) in [5.74, 6) is 1.27. The van der Waals surface area contributed by atoms with Gasteiger partial charge in [-0.05, 0) is 55.7 Å². The van der Waals surface area contributed by atoms with Crippen LogP contribution in [0.2, 0.25) is 5.02 Å². The average molecular weight is 428 g/mol. The monoisotopic (exact) mass is 427 g/mol. The first kappa shape index (κ1) is 21.2. The maximum Gasteiger partial charge on any atom is 0.258 e. The van der Waals surface area contributed by atoms with E-state index in [1.165, 1.54) is 7.11 Å². The molecule has 28 heavy (non-hydrogen) atoms. The van der Waals surface area contributed by atoms with E-state index >= 15 is 0 Å². The van der Waals surface area contributed by atoms with Crippen molar-refractivity contribution in [2.45, 2.75) is 37.8 Å². The van der Waals surface area contributed by atoms with Crippen LogP contribution in [0.1, 0.15) is 36.0 Å². The van der Waals surface area contributed by atoms with Crippen molar-refractivity contribution in [3.05, 3.63) is 28.8 Å². The van der Waals surface area contributed by atoms with Crippen LogP contribution >= 0.6 is 24.0 Å². The minimum absolute atomic E-state index is 0. The van der Waals surface area contributed by atoms with E-state index in [9.17, 15) is 9.59 Å². The topological polar surface area (TPSA) is 75.9 Å². The van der Waals surface area contributed by atoms with Crippen molar-refractivity contribution in [2.24, 2.45) is 17.6 Å². The first-order valence-corrected chi connectivity index (χ1v) is 10.1. The SMILES string of the molecule is COc1ccc(Cl)cc1C(=O)N1CCCC1C(=O)N1CC2CCC(N)C2C1.Cl. The number of amides is 2. The molecule has 2 N–H and O–H groups in total. The number of rotatable bonds is 3. The highest BCUT2D eigenvalue weighted by Gasteiger charge is 2.45. The zero-order valence-electron chi connectivity index (χ0n) is 16.0. The van der Waals surface area contributed by atoms with E-state index in [0.29, 0.717) is 41.1 Å². The van der Waals surface area contributed by atoms with Gasteiger partial charge in [0.1, 0.15) is 11.8 Å². The molecule has 2 amide bonds. The second-order valence-electron chi connectivity index (χ2n) is 7.91. The minimum Gasteiger partial charge on any atom is -0.496 e.